The molecule has 0 aliphatic heterocycles. The van der Waals surface area contributed by atoms with Crippen molar-refractivity contribution in [1.29, 1.82) is 0 Å². The van der Waals surface area contributed by atoms with Gasteiger partial charge >= 0.3 is 0 Å². The van der Waals surface area contributed by atoms with E-state index >= 15 is 0 Å². The zero-order chi connectivity index (χ0) is 19.8. The first kappa shape index (κ1) is 19.2. The summed E-state index contributed by atoms with van der Waals surface area (Å²) in [6.07, 6.45) is 0. The fraction of sp³-hybridized carbons (Fsp3) is 0.0625. The molecule has 0 fully saturated rings. The lowest BCUT2D eigenvalue weighted by molar-refractivity contribution is 0.436. The maximum atomic E-state index is 11.3. The van der Waals surface area contributed by atoms with Gasteiger partial charge in [0.15, 0.2) is 5.69 Å². The Morgan fingerprint density at radius 1 is 1.26 bits per heavy atom. The summed E-state index contributed by atoms with van der Waals surface area (Å²) < 4.78 is 24.0. The van der Waals surface area contributed by atoms with E-state index in [2.05, 4.69) is 15.5 Å². The van der Waals surface area contributed by atoms with Crippen LogP contribution < -0.4 is 10.5 Å². The van der Waals surface area contributed by atoms with Crippen molar-refractivity contribution < 1.29 is 13.5 Å². The van der Waals surface area contributed by atoms with E-state index < -0.39 is 10.0 Å². The summed E-state index contributed by atoms with van der Waals surface area (Å²) in [5, 5.41) is 27.3. The molecule has 1 aromatic heterocycles. The highest BCUT2D eigenvalue weighted by Gasteiger charge is 2.14. The smallest absolute Gasteiger partial charge is 0.238 e. The number of aromatic hydroxyl groups is 1. The lowest BCUT2D eigenvalue weighted by atomic mass is 10.2. The number of sulfonamides is 1. The van der Waals surface area contributed by atoms with Crippen molar-refractivity contribution in [3.63, 3.8) is 0 Å². The summed E-state index contributed by atoms with van der Waals surface area (Å²) in [5.41, 5.74) is 1.48. The number of benzene rings is 2. The lowest BCUT2D eigenvalue weighted by Gasteiger charge is -2.04. The number of nitrogens with two attached hydrogens (primary N) is 1. The number of halogens is 1. The summed E-state index contributed by atoms with van der Waals surface area (Å²) in [4.78, 5) is -0.0140. The van der Waals surface area contributed by atoms with Gasteiger partial charge in [0.2, 0.25) is 21.0 Å². The van der Waals surface area contributed by atoms with E-state index in [9.17, 15) is 13.5 Å². The Bertz CT molecular complexity index is 1170. The minimum Gasteiger partial charge on any atom is -0.493 e. The SMILES string of the molecule is Cn1c(O)c(N=NC(=S)Nc2ccc(S(N)(=O)=O)cc2)c2ccc(Cl)cc21. The Morgan fingerprint density at radius 2 is 1.93 bits per heavy atom. The molecule has 27 heavy (non-hydrogen) atoms. The zero-order valence-corrected chi connectivity index (χ0v) is 16.3. The Hall–Kier alpha value is -2.53. The average Bonchev–Trinajstić information content (AvgIpc) is 2.83. The number of nitrogens with one attached hydrogen (secondary N) is 1. The van der Waals surface area contributed by atoms with E-state index in [4.69, 9.17) is 29.0 Å². The molecule has 0 unspecified atom stereocenters. The molecule has 140 valence electrons. The molecule has 0 aliphatic rings. The molecule has 0 aliphatic carbocycles. The van der Waals surface area contributed by atoms with Crippen molar-refractivity contribution in [2.45, 2.75) is 4.90 Å². The highest BCUT2D eigenvalue weighted by Crippen LogP contribution is 2.38. The molecule has 11 heteroatoms. The first-order chi connectivity index (χ1) is 12.7. The summed E-state index contributed by atoms with van der Waals surface area (Å²) in [6.45, 7) is 0. The van der Waals surface area contributed by atoms with Gasteiger partial charge in [-0.3, -0.25) is 0 Å². The maximum Gasteiger partial charge on any atom is 0.238 e. The predicted molar refractivity (Wildman–Crippen MR) is 108 cm³/mol. The topological polar surface area (TPSA) is 122 Å². The van der Waals surface area contributed by atoms with Crippen LogP contribution in [0.25, 0.3) is 10.9 Å². The number of azo groups is 1. The Morgan fingerprint density at radius 3 is 2.56 bits per heavy atom. The Kier molecular flexibility index (Phi) is 5.16. The van der Waals surface area contributed by atoms with Crippen LogP contribution in [0.5, 0.6) is 5.88 Å². The summed E-state index contributed by atoms with van der Waals surface area (Å²) in [6, 6.07) is 10.8. The fourth-order valence-corrected chi connectivity index (χ4v) is 3.29. The molecule has 1 heterocycles. The molecule has 0 bridgehead atoms. The molecule has 0 spiro atoms. The summed E-state index contributed by atoms with van der Waals surface area (Å²) >= 11 is 11.1. The van der Waals surface area contributed by atoms with E-state index in [1.54, 1.807) is 25.2 Å². The number of aromatic nitrogens is 1. The van der Waals surface area contributed by atoms with Crippen LogP contribution in [0, 0.1) is 0 Å². The third-order valence-corrected chi connectivity index (χ3v) is 5.13. The second-order valence-corrected chi connectivity index (χ2v) is 7.98. The minimum atomic E-state index is -3.76. The summed E-state index contributed by atoms with van der Waals surface area (Å²) in [5.74, 6) is -0.0729. The maximum absolute atomic E-state index is 11.3. The molecule has 0 saturated carbocycles. The molecule has 0 amide bonds. The molecular formula is C16H14ClN5O3S2. The van der Waals surface area contributed by atoms with Crippen molar-refractivity contribution in [2.24, 2.45) is 22.4 Å². The molecule has 8 nitrogen and oxygen atoms in total. The quantitative estimate of drug-likeness (QED) is 0.438. The fourth-order valence-electron chi connectivity index (χ4n) is 2.45. The molecule has 0 radical (unpaired) electrons. The normalized spacial score (nSPS) is 12.0. The predicted octanol–water partition coefficient (Wildman–Crippen LogP) is 3.67. The Balaban J connectivity index is 1.81. The minimum absolute atomic E-state index is 0.0140. The number of thiocarbonyl (C=S) groups is 1. The van der Waals surface area contributed by atoms with Crippen LogP contribution in [0.3, 0.4) is 0 Å². The van der Waals surface area contributed by atoms with E-state index in [0.29, 0.717) is 21.6 Å². The number of hydrogen-bond donors (Lipinski definition) is 3. The van der Waals surface area contributed by atoms with Gasteiger partial charge in [0.05, 0.1) is 10.4 Å². The molecular weight excluding hydrogens is 410 g/mol. The molecule has 4 N–H and O–H groups in total. The second kappa shape index (κ2) is 7.24. The third kappa shape index (κ3) is 4.08. The molecule has 3 aromatic rings. The number of aryl methyl sites for hydroxylation is 1. The highest BCUT2D eigenvalue weighted by molar-refractivity contribution is 7.89. The van der Waals surface area contributed by atoms with Gasteiger partial charge in [0, 0.05) is 23.1 Å². The molecule has 3 rings (SSSR count). The number of nitrogens with zero attached hydrogens (tertiary/aromatic N) is 3. The van der Waals surface area contributed by atoms with Crippen LogP contribution in [0.4, 0.5) is 11.4 Å². The standard InChI is InChI=1S/C16H14ClN5O3S2/c1-22-13-8-9(17)2-7-12(13)14(15(22)23)20-21-16(26)19-10-3-5-11(6-4-10)27(18,24)25/h2-8,23H,1H3,(H,19,26)(H2,18,24,25). The van der Waals surface area contributed by atoms with Gasteiger partial charge < -0.3 is 15.0 Å². The van der Waals surface area contributed by atoms with Gasteiger partial charge in [-0.25, -0.2) is 13.6 Å². The van der Waals surface area contributed by atoms with E-state index in [1.807, 2.05) is 0 Å². The van der Waals surface area contributed by atoms with E-state index in [1.165, 1.54) is 28.8 Å². The van der Waals surface area contributed by atoms with Gasteiger partial charge in [-0.15, -0.1) is 10.2 Å². The first-order valence-corrected chi connectivity index (χ1v) is 9.82. The second-order valence-electron chi connectivity index (χ2n) is 5.59. The van der Waals surface area contributed by atoms with Crippen LogP contribution in [-0.4, -0.2) is 23.2 Å². The highest BCUT2D eigenvalue weighted by atomic mass is 35.5. The van der Waals surface area contributed by atoms with Crippen molar-refractivity contribution >= 4 is 61.2 Å². The van der Waals surface area contributed by atoms with Gasteiger partial charge in [0.1, 0.15) is 0 Å². The van der Waals surface area contributed by atoms with Crippen molar-refractivity contribution in [1.82, 2.24) is 4.57 Å². The molecule has 2 aromatic carbocycles. The number of hydrogen-bond acceptors (Lipinski definition) is 5. The van der Waals surface area contributed by atoms with Gasteiger partial charge in [0.25, 0.3) is 0 Å². The van der Waals surface area contributed by atoms with Crippen LogP contribution in [0.15, 0.2) is 57.6 Å². The van der Waals surface area contributed by atoms with Crippen LogP contribution in [-0.2, 0) is 17.1 Å². The monoisotopic (exact) mass is 423 g/mol. The number of primary sulfonamides is 1. The largest absolute Gasteiger partial charge is 0.493 e. The summed E-state index contributed by atoms with van der Waals surface area (Å²) in [7, 11) is -2.09. The van der Waals surface area contributed by atoms with Gasteiger partial charge in [-0.2, -0.15) is 0 Å². The molecule has 0 saturated heterocycles. The Labute approximate surface area is 165 Å². The van der Waals surface area contributed by atoms with Crippen LogP contribution in [0.1, 0.15) is 0 Å². The van der Waals surface area contributed by atoms with Crippen molar-refractivity contribution in [3.8, 4) is 5.88 Å². The average molecular weight is 424 g/mol. The zero-order valence-electron chi connectivity index (χ0n) is 13.9. The van der Waals surface area contributed by atoms with E-state index in [0.717, 1.165) is 0 Å². The first-order valence-electron chi connectivity index (χ1n) is 7.49. The van der Waals surface area contributed by atoms with E-state index in [-0.39, 0.29) is 21.6 Å². The van der Waals surface area contributed by atoms with Gasteiger partial charge in [-0.1, -0.05) is 11.6 Å². The van der Waals surface area contributed by atoms with Crippen molar-refractivity contribution in [3.05, 3.63) is 47.5 Å². The molecule has 0 atom stereocenters. The van der Waals surface area contributed by atoms with Crippen molar-refractivity contribution in [2.75, 3.05) is 5.32 Å². The van der Waals surface area contributed by atoms with Gasteiger partial charge in [-0.05, 0) is 54.7 Å². The van der Waals surface area contributed by atoms with Crippen LogP contribution >= 0.6 is 23.8 Å². The third-order valence-electron chi connectivity index (χ3n) is 3.78. The lowest BCUT2D eigenvalue weighted by Crippen LogP contribution is -2.12. The number of fused-ring (bicyclic) bond motifs is 1. The van der Waals surface area contributed by atoms with Crippen LogP contribution in [0.2, 0.25) is 5.02 Å². The number of anilines is 1. The number of rotatable bonds is 3.